The third kappa shape index (κ3) is 2.87. The number of piperidine rings is 1. The summed E-state index contributed by atoms with van der Waals surface area (Å²) in [6, 6.07) is 4.15. The molecule has 0 spiro atoms. The number of primary amides is 1. The summed E-state index contributed by atoms with van der Waals surface area (Å²) in [5, 5.41) is -0.162. The predicted molar refractivity (Wildman–Crippen MR) is 69.2 cm³/mol. The lowest BCUT2D eigenvalue weighted by Crippen LogP contribution is -2.41. The molecule has 0 aromatic heterocycles. The number of nitrogens with two attached hydrogens (primary N) is 1. The van der Waals surface area contributed by atoms with E-state index in [4.69, 9.17) is 17.3 Å². The minimum atomic E-state index is -0.612. The van der Waals surface area contributed by atoms with E-state index in [0.717, 1.165) is 0 Å². The van der Waals surface area contributed by atoms with E-state index in [0.29, 0.717) is 25.9 Å². The maximum Gasteiger partial charge on any atom is 0.255 e. The Balaban J connectivity index is 2.09. The van der Waals surface area contributed by atoms with E-state index < -0.39 is 5.82 Å². The molecule has 1 aromatic rings. The summed E-state index contributed by atoms with van der Waals surface area (Å²) in [5.74, 6) is -1.45. The minimum absolute atomic E-state index is 0.152. The van der Waals surface area contributed by atoms with E-state index in [1.807, 2.05) is 0 Å². The number of rotatable bonds is 2. The van der Waals surface area contributed by atoms with Crippen molar-refractivity contribution in [3.05, 3.63) is 34.6 Å². The van der Waals surface area contributed by atoms with Gasteiger partial charge in [0.15, 0.2) is 0 Å². The molecular formula is C13H14ClFN2O2. The van der Waals surface area contributed by atoms with Crippen molar-refractivity contribution in [2.75, 3.05) is 13.1 Å². The molecule has 1 fully saturated rings. The number of nitrogens with zero attached hydrogens (tertiary/aromatic N) is 1. The lowest BCUT2D eigenvalue weighted by molar-refractivity contribution is -0.123. The van der Waals surface area contributed by atoms with Gasteiger partial charge < -0.3 is 10.6 Å². The average Bonchev–Trinajstić information content (AvgIpc) is 2.41. The van der Waals surface area contributed by atoms with Crippen LogP contribution in [0, 0.1) is 11.7 Å². The first-order valence-electron chi connectivity index (χ1n) is 6.03. The summed E-state index contributed by atoms with van der Waals surface area (Å²) in [4.78, 5) is 24.8. The lowest BCUT2D eigenvalue weighted by atomic mass is 9.96. The SMILES string of the molecule is NC(=O)C1CCN(C(=O)c2cccc(F)c2Cl)CC1. The topological polar surface area (TPSA) is 63.4 Å². The Kier molecular flexibility index (Phi) is 4.04. The van der Waals surface area contributed by atoms with Crippen LogP contribution in [0.1, 0.15) is 23.2 Å². The van der Waals surface area contributed by atoms with Gasteiger partial charge in [0.2, 0.25) is 5.91 Å². The van der Waals surface area contributed by atoms with Crippen molar-refractivity contribution in [3.8, 4) is 0 Å². The zero-order valence-electron chi connectivity index (χ0n) is 10.2. The number of carbonyl (C=O) groups excluding carboxylic acids is 2. The van der Waals surface area contributed by atoms with Crippen molar-refractivity contribution in [3.63, 3.8) is 0 Å². The van der Waals surface area contributed by atoms with Gasteiger partial charge in [0.05, 0.1) is 10.6 Å². The number of benzene rings is 1. The first-order valence-corrected chi connectivity index (χ1v) is 6.41. The van der Waals surface area contributed by atoms with Gasteiger partial charge >= 0.3 is 0 Å². The Morgan fingerprint density at radius 3 is 2.53 bits per heavy atom. The quantitative estimate of drug-likeness (QED) is 0.900. The Morgan fingerprint density at radius 2 is 1.95 bits per heavy atom. The molecule has 0 aliphatic carbocycles. The Bertz CT molecular complexity index is 513. The zero-order chi connectivity index (χ0) is 14.0. The fraction of sp³-hybridized carbons (Fsp3) is 0.385. The monoisotopic (exact) mass is 284 g/mol. The van der Waals surface area contributed by atoms with E-state index in [2.05, 4.69) is 0 Å². The number of amides is 2. The molecular weight excluding hydrogens is 271 g/mol. The summed E-state index contributed by atoms with van der Waals surface area (Å²) >= 11 is 5.79. The van der Waals surface area contributed by atoms with Crippen molar-refractivity contribution in [2.24, 2.45) is 11.7 Å². The second-order valence-corrected chi connectivity index (χ2v) is 4.95. The molecule has 1 saturated heterocycles. The number of hydrogen-bond donors (Lipinski definition) is 1. The molecule has 2 rings (SSSR count). The highest BCUT2D eigenvalue weighted by molar-refractivity contribution is 6.34. The Labute approximate surface area is 115 Å². The molecule has 102 valence electrons. The van der Waals surface area contributed by atoms with Crippen LogP contribution < -0.4 is 5.73 Å². The molecule has 2 N–H and O–H groups in total. The lowest BCUT2D eigenvalue weighted by Gasteiger charge is -2.30. The molecule has 0 unspecified atom stereocenters. The van der Waals surface area contributed by atoms with Gasteiger partial charge in [0.1, 0.15) is 5.82 Å². The van der Waals surface area contributed by atoms with E-state index in [1.54, 1.807) is 4.90 Å². The number of halogens is 2. The molecule has 2 amide bonds. The first-order chi connectivity index (χ1) is 9.00. The van der Waals surface area contributed by atoms with Gasteiger partial charge in [-0.3, -0.25) is 9.59 Å². The van der Waals surface area contributed by atoms with Crippen molar-refractivity contribution in [1.29, 1.82) is 0 Å². The molecule has 0 saturated carbocycles. The molecule has 1 aromatic carbocycles. The number of hydrogen-bond acceptors (Lipinski definition) is 2. The normalized spacial score (nSPS) is 16.4. The van der Waals surface area contributed by atoms with Gasteiger partial charge in [-0.15, -0.1) is 0 Å². The number of likely N-dealkylation sites (tertiary alicyclic amines) is 1. The molecule has 0 bridgehead atoms. The predicted octanol–water partition coefficient (Wildman–Crippen LogP) is 1.82. The van der Waals surface area contributed by atoms with Crippen LogP contribution in [-0.2, 0) is 4.79 Å². The highest BCUT2D eigenvalue weighted by atomic mass is 35.5. The van der Waals surface area contributed by atoms with Crippen LogP contribution >= 0.6 is 11.6 Å². The van der Waals surface area contributed by atoms with E-state index in [1.165, 1.54) is 18.2 Å². The highest BCUT2D eigenvalue weighted by Gasteiger charge is 2.27. The van der Waals surface area contributed by atoms with Gasteiger partial charge in [-0.25, -0.2) is 4.39 Å². The standard InChI is InChI=1S/C13H14ClFN2O2/c14-11-9(2-1-3-10(11)15)13(19)17-6-4-8(5-7-17)12(16)18/h1-3,8H,4-7H2,(H2,16,18). The van der Waals surface area contributed by atoms with Crippen molar-refractivity contribution >= 4 is 23.4 Å². The third-order valence-corrected chi connectivity index (χ3v) is 3.75. The minimum Gasteiger partial charge on any atom is -0.369 e. The van der Waals surface area contributed by atoms with Crippen molar-refractivity contribution in [2.45, 2.75) is 12.8 Å². The van der Waals surface area contributed by atoms with Crippen molar-refractivity contribution in [1.82, 2.24) is 4.90 Å². The first kappa shape index (κ1) is 13.8. The fourth-order valence-electron chi connectivity index (χ4n) is 2.21. The molecule has 6 heteroatoms. The van der Waals surface area contributed by atoms with Crippen LogP contribution in [-0.4, -0.2) is 29.8 Å². The van der Waals surface area contributed by atoms with Crippen molar-refractivity contribution < 1.29 is 14.0 Å². The zero-order valence-corrected chi connectivity index (χ0v) is 11.0. The second-order valence-electron chi connectivity index (χ2n) is 4.57. The molecule has 19 heavy (non-hydrogen) atoms. The largest absolute Gasteiger partial charge is 0.369 e. The van der Waals surface area contributed by atoms with Crippen LogP contribution in [0.25, 0.3) is 0 Å². The van der Waals surface area contributed by atoms with Gasteiger partial charge in [0.25, 0.3) is 5.91 Å². The molecule has 0 atom stereocenters. The van der Waals surface area contributed by atoms with E-state index in [9.17, 15) is 14.0 Å². The van der Waals surface area contributed by atoms with Crippen LogP contribution in [0.4, 0.5) is 4.39 Å². The summed E-state index contributed by atoms with van der Waals surface area (Å²) in [6.45, 7) is 0.860. The molecule has 1 aliphatic rings. The smallest absolute Gasteiger partial charge is 0.255 e. The Morgan fingerprint density at radius 1 is 1.32 bits per heavy atom. The second kappa shape index (κ2) is 5.57. The number of carbonyl (C=O) groups is 2. The van der Waals surface area contributed by atoms with Gasteiger partial charge in [-0.1, -0.05) is 17.7 Å². The molecule has 0 radical (unpaired) electrons. The van der Waals surface area contributed by atoms with Gasteiger partial charge in [0, 0.05) is 19.0 Å². The summed E-state index contributed by atoms with van der Waals surface area (Å²) in [6.07, 6.45) is 1.07. The molecule has 1 heterocycles. The van der Waals surface area contributed by atoms with Gasteiger partial charge in [-0.2, -0.15) is 0 Å². The summed E-state index contributed by atoms with van der Waals surface area (Å²) < 4.78 is 13.3. The highest BCUT2D eigenvalue weighted by Crippen LogP contribution is 2.24. The van der Waals surface area contributed by atoms with Crippen LogP contribution in [0.5, 0.6) is 0 Å². The van der Waals surface area contributed by atoms with Gasteiger partial charge in [-0.05, 0) is 25.0 Å². The third-order valence-electron chi connectivity index (χ3n) is 3.37. The fourth-order valence-corrected chi connectivity index (χ4v) is 2.41. The average molecular weight is 285 g/mol. The van der Waals surface area contributed by atoms with Crippen LogP contribution in [0.2, 0.25) is 5.02 Å². The maximum absolute atomic E-state index is 13.3. The van der Waals surface area contributed by atoms with E-state index >= 15 is 0 Å². The van der Waals surface area contributed by atoms with Crippen LogP contribution in [0.15, 0.2) is 18.2 Å². The molecule has 4 nitrogen and oxygen atoms in total. The Hall–Kier alpha value is -1.62. The van der Waals surface area contributed by atoms with E-state index in [-0.39, 0.29) is 28.3 Å². The summed E-state index contributed by atoms with van der Waals surface area (Å²) in [7, 11) is 0. The molecule has 1 aliphatic heterocycles. The maximum atomic E-state index is 13.3. The van der Waals surface area contributed by atoms with Crippen LogP contribution in [0.3, 0.4) is 0 Å². The summed E-state index contributed by atoms with van der Waals surface area (Å²) in [5.41, 5.74) is 5.38.